The number of benzene rings is 1. The molecule has 7 heteroatoms. The van der Waals surface area contributed by atoms with Crippen LogP contribution in [0.5, 0.6) is 5.75 Å². The van der Waals surface area contributed by atoms with Gasteiger partial charge in [-0.05, 0) is 38.1 Å². The van der Waals surface area contributed by atoms with Gasteiger partial charge in [-0.1, -0.05) is 12.1 Å². The van der Waals surface area contributed by atoms with Gasteiger partial charge in [0.15, 0.2) is 6.61 Å². The van der Waals surface area contributed by atoms with E-state index in [1.54, 1.807) is 38.1 Å². The first-order valence-corrected chi connectivity index (χ1v) is 7.66. The summed E-state index contributed by atoms with van der Waals surface area (Å²) >= 11 is 0. The quantitative estimate of drug-likeness (QED) is 0.927. The SMILES string of the molecule is CC(C)(C#N)NC(=O)c1cc(N2C(=O)COc3ccccc32)ccn1. The number of pyridine rings is 1. The van der Waals surface area contributed by atoms with Gasteiger partial charge in [-0.25, -0.2) is 0 Å². The van der Waals surface area contributed by atoms with Gasteiger partial charge in [0.1, 0.15) is 17.0 Å². The van der Waals surface area contributed by atoms with Gasteiger partial charge in [0.25, 0.3) is 11.8 Å². The number of rotatable bonds is 3. The van der Waals surface area contributed by atoms with Crippen LogP contribution in [0.25, 0.3) is 0 Å². The van der Waals surface area contributed by atoms with Crippen LogP contribution in [-0.4, -0.2) is 28.9 Å². The van der Waals surface area contributed by atoms with Crippen molar-refractivity contribution in [3.05, 3.63) is 48.3 Å². The average Bonchev–Trinajstić information content (AvgIpc) is 2.61. The number of hydrogen-bond donors (Lipinski definition) is 1. The number of hydrogen-bond acceptors (Lipinski definition) is 5. The van der Waals surface area contributed by atoms with Crippen molar-refractivity contribution < 1.29 is 14.3 Å². The van der Waals surface area contributed by atoms with Crippen LogP contribution in [0.15, 0.2) is 42.6 Å². The van der Waals surface area contributed by atoms with Gasteiger partial charge in [0.05, 0.1) is 17.4 Å². The molecule has 0 saturated heterocycles. The highest BCUT2D eigenvalue weighted by molar-refractivity contribution is 6.05. The van der Waals surface area contributed by atoms with E-state index in [0.29, 0.717) is 17.1 Å². The molecule has 1 aliphatic rings. The van der Waals surface area contributed by atoms with Crippen molar-refractivity contribution >= 4 is 23.2 Å². The Kier molecular flexibility index (Phi) is 4.11. The molecule has 0 unspecified atom stereocenters. The van der Waals surface area contributed by atoms with E-state index in [2.05, 4.69) is 10.3 Å². The fourth-order valence-corrected chi connectivity index (χ4v) is 2.44. The first kappa shape index (κ1) is 16.5. The molecule has 1 aromatic heterocycles. The lowest BCUT2D eigenvalue weighted by Gasteiger charge is -2.29. The Morgan fingerprint density at radius 3 is 2.88 bits per heavy atom. The predicted octanol–water partition coefficient (Wildman–Crippen LogP) is 2.17. The number of ether oxygens (including phenoxy) is 1. The van der Waals surface area contributed by atoms with E-state index in [-0.39, 0.29) is 18.2 Å². The molecule has 2 aromatic rings. The van der Waals surface area contributed by atoms with E-state index < -0.39 is 11.4 Å². The lowest BCUT2D eigenvalue weighted by atomic mass is 10.1. The smallest absolute Gasteiger partial charge is 0.271 e. The first-order valence-electron chi connectivity index (χ1n) is 7.66. The Morgan fingerprint density at radius 1 is 1.36 bits per heavy atom. The number of amides is 2. The molecule has 1 aliphatic heterocycles. The molecule has 2 amide bonds. The van der Waals surface area contributed by atoms with Gasteiger partial charge >= 0.3 is 0 Å². The van der Waals surface area contributed by atoms with Crippen molar-refractivity contribution in [3.8, 4) is 11.8 Å². The number of aromatic nitrogens is 1. The zero-order valence-corrected chi connectivity index (χ0v) is 13.8. The molecule has 0 radical (unpaired) electrons. The Morgan fingerprint density at radius 2 is 2.12 bits per heavy atom. The molecule has 0 saturated carbocycles. The second-order valence-corrected chi connectivity index (χ2v) is 6.08. The van der Waals surface area contributed by atoms with Gasteiger partial charge in [-0.15, -0.1) is 0 Å². The molecule has 1 aromatic carbocycles. The number of carbonyl (C=O) groups excluding carboxylic acids is 2. The third-order valence-electron chi connectivity index (χ3n) is 3.65. The molecule has 0 fully saturated rings. The average molecular weight is 336 g/mol. The number of nitrogens with zero attached hydrogens (tertiary/aromatic N) is 3. The maximum Gasteiger partial charge on any atom is 0.271 e. The zero-order chi connectivity index (χ0) is 18.0. The van der Waals surface area contributed by atoms with Crippen molar-refractivity contribution in [2.45, 2.75) is 19.4 Å². The molecule has 0 bridgehead atoms. The third kappa shape index (κ3) is 3.28. The monoisotopic (exact) mass is 336 g/mol. The van der Waals surface area contributed by atoms with Crippen LogP contribution in [0.2, 0.25) is 0 Å². The topological polar surface area (TPSA) is 95.3 Å². The van der Waals surface area contributed by atoms with Gasteiger partial charge in [-0.2, -0.15) is 5.26 Å². The van der Waals surface area contributed by atoms with Gasteiger partial charge in [0.2, 0.25) is 0 Å². The van der Waals surface area contributed by atoms with Crippen LogP contribution in [0.3, 0.4) is 0 Å². The fourth-order valence-electron chi connectivity index (χ4n) is 2.44. The maximum atomic E-state index is 12.4. The summed E-state index contributed by atoms with van der Waals surface area (Å²) in [6.45, 7) is 3.11. The van der Waals surface area contributed by atoms with E-state index in [1.165, 1.54) is 17.2 Å². The normalized spacial score (nSPS) is 13.5. The minimum Gasteiger partial charge on any atom is -0.482 e. The van der Waals surface area contributed by atoms with E-state index in [0.717, 1.165) is 0 Å². The number of nitriles is 1. The summed E-state index contributed by atoms with van der Waals surface area (Å²) in [6.07, 6.45) is 1.45. The van der Waals surface area contributed by atoms with E-state index in [1.807, 2.05) is 12.1 Å². The summed E-state index contributed by atoms with van der Waals surface area (Å²) in [7, 11) is 0. The molecule has 2 heterocycles. The Balaban J connectivity index is 1.96. The number of carbonyl (C=O) groups is 2. The standard InChI is InChI=1S/C18H16N4O3/c1-18(2,11-19)21-17(24)13-9-12(7-8-20-13)22-14-5-3-4-6-15(14)25-10-16(22)23/h3-9H,10H2,1-2H3,(H,21,24). The molecular weight excluding hydrogens is 320 g/mol. The summed E-state index contributed by atoms with van der Waals surface area (Å²) in [5, 5.41) is 11.6. The lowest BCUT2D eigenvalue weighted by Crippen LogP contribution is -2.42. The molecule has 0 aliphatic carbocycles. The minimum absolute atomic E-state index is 0.0810. The number of nitrogens with one attached hydrogen (secondary N) is 1. The summed E-state index contributed by atoms with van der Waals surface area (Å²) in [4.78, 5) is 30.2. The Bertz CT molecular complexity index is 886. The van der Waals surface area contributed by atoms with Crippen LogP contribution in [-0.2, 0) is 4.79 Å². The van der Waals surface area contributed by atoms with E-state index in [4.69, 9.17) is 10.00 Å². The number of anilines is 2. The second kappa shape index (κ2) is 6.24. The minimum atomic E-state index is -1.02. The summed E-state index contributed by atoms with van der Waals surface area (Å²) in [5.74, 6) is -0.133. The first-order chi connectivity index (χ1) is 11.9. The Labute approximate surface area is 144 Å². The third-order valence-corrected chi connectivity index (χ3v) is 3.65. The van der Waals surface area contributed by atoms with Crippen molar-refractivity contribution in [3.63, 3.8) is 0 Å². The van der Waals surface area contributed by atoms with Crippen molar-refractivity contribution in [1.82, 2.24) is 10.3 Å². The highest BCUT2D eigenvalue weighted by atomic mass is 16.5. The summed E-state index contributed by atoms with van der Waals surface area (Å²) in [6, 6.07) is 12.3. The predicted molar refractivity (Wildman–Crippen MR) is 90.5 cm³/mol. The maximum absolute atomic E-state index is 12.4. The van der Waals surface area contributed by atoms with E-state index >= 15 is 0 Å². The Hall–Kier alpha value is -3.40. The second-order valence-electron chi connectivity index (χ2n) is 6.08. The molecule has 1 N–H and O–H groups in total. The molecule has 7 nitrogen and oxygen atoms in total. The zero-order valence-electron chi connectivity index (χ0n) is 13.8. The molecule has 0 spiro atoms. The fraction of sp³-hybridized carbons (Fsp3) is 0.222. The number of para-hydroxylation sites is 2. The van der Waals surface area contributed by atoms with Crippen LogP contribution in [0, 0.1) is 11.3 Å². The van der Waals surface area contributed by atoms with Crippen molar-refractivity contribution in [2.75, 3.05) is 11.5 Å². The molecule has 25 heavy (non-hydrogen) atoms. The molecular formula is C18H16N4O3. The van der Waals surface area contributed by atoms with Crippen LogP contribution >= 0.6 is 0 Å². The highest BCUT2D eigenvalue weighted by Crippen LogP contribution is 2.36. The largest absolute Gasteiger partial charge is 0.482 e. The summed E-state index contributed by atoms with van der Waals surface area (Å²) in [5.41, 5.74) is 0.220. The van der Waals surface area contributed by atoms with Crippen LogP contribution in [0.4, 0.5) is 11.4 Å². The molecule has 126 valence electrons. The van der Waals surface area contributed by atoms with Crippen molar-refractivity contribution in [2.24, 2.45) is 0 Å². The van der Waals surface area contributed by atoms with Gasteiger partial charge < -0.3 is 10.1 Å². The highest BCUT2D eigenvalue weighted by Gasteiger charge is 2.28. The van der Waals surface area contributed by atoms with Crippen molar-refractivity contribution in [1.29, 1.82) is 5.26 Å². The number of fused-ring (bicyclic) bond motifs is 1. The molecule has 3 rings (SSSR count). The van der Waals surface area contributed by atoms with E-state index in [9.17, 15) is 9.59 Å². The lowest BCUT2D eigenvalue weighted by molar-refractivity contribution is -0.120. The van der Waals surface area contributed by atoms with Gasteiger partial charge in [-0.3, -0.25) is 19.5 Å². The summed E-state index contributed by atoms with van der Waals surface area (Å²) < 4.78 is 5.42. The van der Waals surface area contributed by atoms with Crippen LogP contribution < -0.4 is 15.0 Å². The van der Waals surface area contributed by atoms with Gasteiger partial charge in [0, 0.05) is 6.20 Å². The molecule has 0 atom stereocenters. The van der Waals surface area contributed by atoms with Crippen LogP contribution in [0.1, 0.15) is 24.3 Å².